The van der Waals surface area contributed by atoms with E-state index in [1.165, 1.54) is 0 Å². The molecule has 0 radical (unpaired) electrons. The van der Waals surface area contributed by atoms with Crippen molar-refractivity contribution >= 4 is 17.5 Å². The Kier molecular flexibility index (Phi) is 5.65. The van der Waals surface area contributed by atoms with Crippen LogP contribution in [0.15, 0.2) is 36.4 Å². The average Bonchev–Trinajstić information content (AvgIpc) is 3.29. The van der Waals surface area contributed by atoms with E-state index in [9.17, 15) is 4.79 Å². The van der Waals surface area contributed by atoms with E-state index < -0.39 is 0 Å². The van der Waals surface area contributed by atoms with Gasteiger partial charge in [-0.25, -0.2) is 4.68 Å². The zero-order chi connectivity index (χ0) is 21.3. The van der Waals surface area contributed by atoms with Crippen molar-refractivity contribution in [2.24, 2.45) is 0 Å². The number of methoxy groups -OCH3 is 3. The van der Waals surface area contributed by atoms with Gasteiger partial charge in [-0.2, -0.15) is 5.10 Å². The Labute approximate surface area is 179 Å². The molecule has 0 unspecified atom stereocenters. The minimum Gasteiger partial charge on any atom is -0.493 e. The molecule has 1 aliphatic carbocycles. The predicted octanol–water partition coefficient (Wildman–Crippen LogP) is 3.49. The normalized spacial score (nSPS) is 11.7. The molecule has 0 atom stereocenters. The molecule has 1 amide bonds. The Bertz CT molecular complexity index is 1110. The quantitative estimate of drug-likeness (QED) is 0.457. The van der Waals surface area contributed by atoms with Crippen LogP contribution in [0.4, 0.5) is 0 Å². The molecule has 0 spiro atoms. The third-order valence-corrected chi connectivity index (χ3v) is 5.31. The number of carbonyl (C=O) groups is 1. The van der Waals surface area contributed by atoms with Gasteiger partial charge in [0.25, 0.3) is 5.91 Å². The number of fused-ring (bicyclic) bond motifs is 3. The van der Waals surface area contributed by atoms with Gasteiger partial charge >= 0.3 is 0 Å². The standard InChI is InChI=1S/C22H22ClN3O4/c1-28-8-7-24-22(27)20-17-9-13-10-18(29-2)19(30-3)12-16(13)21(17)26(25-20)15-6-4-5-14(23)11-15/h4-6,10-12H,7-9H2,1-3H3,(H,24,27). The second kappa shape index (κ2) is 8.38. The summed E-state index contributed by atoms with van der Waals surface area (Å²) in [6.07, 6.45) is 0.568. The molecular formula is C22H22ClN3O4. The van der Waals surface area contributed by atoms with Gasteiger partial charge in [0.2, 0.25) is 0 Å². The van der Waals surface area contributed by atoms with Gasteiger partial charge in [0.05, 0.1) is 32.2 Å². The lowest BCUT2D eigenvalue weighted by Crippen LogP contribution is -2.28. The second-order valence-electron chi connectivity index (χ2n) is 6.86. The summed E-state index contributed by atoms with van der Waals surface area (Å²) >= 11 is 6.22. The number of nitrogens with one attached hydrogen (secondary N) is 1. The molecule has 8 heteroatoms. The van der Waals surface area contributed by atoms with Crippen molar-refractivity contribution in [2.45, 2.75) is 6.42 Å². The fourth-order valence-electron chi connectivity index (χ4n) is 3.70. The number of hydrogen-bond acceptors (Lipinski definition) is 5. The third kappa shape index (κ3) is 3.51. The maximum atomic E-state index is 12.9. The molecule has 3 aromatic rings. The van der Waals surface area contributed by atoms with Crippen LogP contribution >= 0.6 is 11.6 Å². The highest BCUT2D eigenvalue weighted by Gasteiger charge is 2.32. The molecule has 7 nitrogen and oxygen atoms in total. The van der Waals surface area contributed by atoms with Crippen LogP contribution in [0, 0.1) is 0 Å². The summed E-state index contributed by atoms with van der Waals surface area (Å²) in [5, 5.41) is 8.11. The van der Waals surface area contributed by atoms with E-state index >= 15 is 0 Å². The second-order valence-corrected chi connectivity index (χ2v) is 7.29. The van der Waals surface area contributed by atoms with Crippen molar-refractivity contribution in [1.29, 1.82) is 0 Å². The lowest BCUT2D eigenvalue weighted by molar-refractivity contribution is 0.0931. The number of carbonyl (C=O) groups excluding carboxylic acids is 1. The lowest BCUT2D eigenvalue weighted by Gasteiger charge is -2.12. The topological polar surface area (TPSA) is 74.6 Å². The molecule has 1 N–H and O–H groups in total. The number of rotatable bonds is 7. The molecule has 0 fully saturated rings. The number of halogens is 1. The minimum absolute atomic E-state index is 0.240. The molecule has 1 aromatic heterocycles. The van der Waals surface area contributed by atoms with Gasteiger partial charge in [-0.15, -0.1) is 0 Å². The molecule has 2 aromatic carbocycles. The van der Waals surface area contributed by atoms with Gasteiger partial charge in [-0.1, -0.05) is 17.7 Å². The van der Waals surface area contributed by atoms with Crippen molar-refractivity contribution in [3.8, 4) is 28.4 Å². The number of aromatic nitrogens is 2. The van der Waals surface area contributed by atoms with E-state index in [1.807, 2.05) is 30.3 Å². The van der Waals surface area contributed by atoms with Crippen LogP contribution in [0.3, 0.4) is 0 Å². The largest absolute Gasteiger partial charge is 0.493 e. The van der Waals surface area contributed by atoms with Crippen LogP contribution in [-0.2, 0) is 11.2 Å². The first-order valence-corrected chi connectivity index (χ1v) is 9.85. The Hall–Kier alpha value is -3.03. The van der Waals surface area contributed by atoms with Crippen LogP contribution < -0.4 is 14.8 Å². The van der Waals surface area contributed by atoms with E-state index in [4.69, 9.17) is 25.8 Å². The van der Waals surface area contributed by atoms with E-state index in [0.29, 0.717) is 41.8 Å². The van der Waals surface area contributed by atoms with E-state index in [0.717, 1.165) is 28.1 Å². The zero-order valence-electron chi connectivity index (χ0n) is 17.0. The summed E-state index contributed by atoms with van der Waals surface area (Å²) in [6, 6.07) is 11.3. The van der Waals surface area contributed by atoms with Crippen molar-refractivity contribution in [3.05, 3.63) is 58.2 Å². The Balaban J connectivity index is 1.87. The molecule has 4 rings (SSSR count). The SMILES string of the molecule is COCCNC(=O)c1nn(-c2cccc(Cl)c2)c2c1Cc1cc(OC)c(OC)cc1-2. The molecular weight excluding hydrogens is 406 g/mol. The van der Waals surface area contributed by atoms with Crippen molar-refractivity contribution in [3.63, 3.8) is 0 Å². The highest BCUT2D eigenvalue weighted by atomic mass is 35.5. The van der Waals surface area contributed by atoms with Crippen LogP contribution in [0.2, 0.25) is 5.02 Å². The lowest BCUT2D eigenvalue weighted by atomic mass is 10.1. The first kappa shape index (κ1) is 20.3. The van der Waals surface area contributed by atoms with Gasteiger partial charge in [-0.3, -0.25) is 4.79 Å². The Morgan fingerprint density at radius 1 is 1.17 bits per heavy atom. The third-order valence-electron chi connectivity index (χ3n) is 5.07. The van der Waals surface area contributed by atoms with Gasteiger partial charge < -0.3 is 19.5 Å². The van der Waals surface area contributed by atoms with Crippen LogP contribution in [0.5, 0.6) is 11.5 Å². The van der Waals surface area contributed by atoms with Crippen molar-refractivity contribution in [1.82, 2.24) is 15.1 Å². The van der Waals surface area contributed by atoms with Crippen LogP contribution in [-0.4, -0.2) is 50.2 Å². The summed E-state index contributed by atoms with van der Waals surface area (Å²) < 4.78 is 17.7. The maximum absolute atomic E-state index is 12.9. The molecule has 156 valence electrons. The molecule has 0 saturated heterocycles. The fraction of sp³-hybridized carbons (Fsp3) is 0.273. The first-order valence-electron chi connectivity index (χ1n) is 9.47. The monoisotopic (exact) mass is 427 g/mol. The first-order chi connectivity index (χ1) is 14.6. The van der Waals surface area contributed by atoms with E-state index in [2.05, 4.69) is 10.4 Å². The van der Waals surface area contributed by atoms with Gasteiger partial charge in [0, 0.05) is 36.2 Å². The number of ether oxygens (including phenoxy) is 3. The van der Waals surface area contributed by atoms with E-state index in [1.54, 1.807) is 32.1 Å². The van der Waals surface area contributed by atoms with Crippen LogP contribution in [0.25, 0.3) is 16.9 Å². The molecule has 0 saturated carbocycles. The van der Waals surface area contributed by atoms with Gasteiger partial charge in [0.15, 0.2) is 17.2 Å². The molecule has 1 aliphatic rings. The van der Waals surface area contributed by atoms with E-state index in [-0.39, 0.29) is 5.91 Å². The number of amides is 1. The number of benzene rings is 2. The Morgan fingerprint density at radius 3 is 2.63 bits per heavy atom. The Morgan fingerprint density at radius 2 is 1.93 bits per heavy atom. The molecule has 30 heavy (non-hydrogen) atoms. The van der Waals surface area contributed by atoms with Gasteiger partial charge in [-0.05, 0) is 35.9 Å². The molecule has 0 aliphatic heterocycles. The smallest absolute Gasteiger partial charge is 0.272 e. The summed E-state index contributed by atoms with van der Waals surface area (Å²) in [6.45, 7) is 0.834. The summed E-state index contributed by atoms with van der Waals surface area (Å²) in [4.78, 5) is 12.9. The van der Waals surface area contributed by atoms with Gasteiger partial charge in [0.1, 0.15) is 0 Å². The van der Waals surface area contributed by atoms with Crippen molar-refractivity contribution in [2.75, 3.05) is 34.5 Å². The summed E-state index contributed by atoms with van der Waals surface area (Å²) in [5.41, 5.74) is 4.86. The maximum Gasteiger partial charge on any atom is 0.272 e. The fourth-order valence-corrected chi connectivity index (χ4v) is 3.88. The summed E-state index contributed by atoms with van der Waals surface area (Å²) in [7, 11) is 4.80. The van der Waals surface area contributed by atoms with Crippen molar-refractivity contribution < 1.29 is 19.0 Å². The van der Waals surface area contributed by atoms with Crippen LogP contribution in [0.1, 0.15) is 21.6 Å². The zero-order valence-corrected chi connectivity index (χ0v) is 17.7. The average molecular weight is 428 g/mol. The highest BCUT2D eigenvalue weighted by molar-refractivity contribution is 6.30. The molecule has 0 bridgehead atoms. The highest BCUT2D eigenvalue weighted by Crippen LogP contribution is 2.44. The minimum atomic E-state index is -0.240. The summed E-state index contributed by atoms with van der Waals surface area (Å²) in [5.74, 6) is 1.03. The number of nitrogens with zero attached hydrogens (tertiary/aromatic N) is 2. The number of hydrogen-bond donors (Lipinski definition) is 1. The molecule has 1 heterocycles. The predicted molar refractivity (Wildman–Crippen MR) is 114 cm³/mol.